The zero-order chi connectivity index (χ0) is 16.8. The van der Waals surface area contributed by atoms with Gasteiger partial charge in [-0.1, -0.05) is 30.3 Å². The summed E-state index contributed by atoms with van der Waals surface area (Å²) in [5, 5.41) is 0. The molecule has 0 aliphatic rings. The molecule has 23 heavy (non-hydrogen) atoms. The molecule has 0 aliphatic heterocycles. The van der Waals surface area contributed by atoms with Crippen LogP contribution in [0.25, 0.3) is 11.1 Å². The van der Waals surface area contributed by atoms with E-state index in [1.54, 1.807) is 26.8 Å². The number of rotatable bonds is 5. The van der Waals surface area contributed by atoms with Crippen LogP contribution in [-0.4, -0.2) is 30.1 Å². The van der Waals surface area contributed by atoms with Gasteiger partial charge >= 0.3 is 11.9 Å². The second-order valence-corrected chi connectivity index (χ2v) is 4.82. The number of aryl methyl sites for hydroxylation is 1. The fourth-order valence-corrected chi connectivity index (χ4v) is 2.29. The Bertz CT molecular complexity index is 710. The van der Waals surface area contributed by atoms with Gasteiger partial charge < -0.3 is 9.47 Å². The molecule has 5 nitrogen and oxygen atoms in total. The molecule has 1 heterocycles. The van der Waals surface area contributed by atoms with Gasteiger partial charge in [0.05, 0.1) is 24.5 Å². The van der Waals surface area contributed by atoms with Crippen molar-refractivity contribution in [3.63, 3.8) is 0 Å². The molecule has 0 saturated heterocycles. The normalized spacial score (nSPS) is 10.2. The highest BCUT2D eigenvalue weighted by molar-refractivity contribution is 6.00. The molecule has 2 rings (SSSR count). The average Bonchev–Trinajstić information content (AvgIpc) is 2.55. The highest BCUT2D eigenvalue weighted by atomic mass is 16.5. The van der Waals surface area contributed by atoms with Crippen LogP contribution in [-0.2, 0) is 9.47 Å². The van der Waals surface area contributed by atoms with Crippen molar-refractivity contribution < 1.29 is 19.1 Å². The fourth-order valence-electron chi connectivity index (χ4n) is 2.29. The van der Waals surface area contributed by atoms with Gasteiger partial charge in [-0.05, 0) is 32.4 Å². The van der Waals surface area contributed by atoms with Gasteiger partial charge in [0, 0.05) is 5.56 Å². The van der Waals surface area contributed by atoms with Crippen LogP contribution < -0.4 is 0 Å². The summed E-state index contributed by atoms with van der Waals surface area (Å²) in [6.45, 7) is 5.69. The van der Waals surface area contributed by atoms with Crippen molar-refractivity contribution in [2.75, 3.05) is 13.2 Å². The maximum absolute atomic E-state index is 12.3. The Balaban J connectivity index is 2.62. The van der Waals surface area contributed by atoms with Gasteiger partial charge in [0.1, 0.15) is 5.69 Å². The molecule has 0 saturated carbocycles. The molecule has 0 unspecified atom stereocenters. The predicted octanol–water partition coefficient (Wildman–Crippen LogP) is 3.41. The summed E-state index contributed by atoms with van der Waals surface area (Å²) in [4.78, 5) is 28.5. The van der Waals surface area contributed by atoms with Crippen molar-refractivity contribution in [1.82, 2.24) is 4.98 Å². The minimum absolute atomic E-state index is 0.177. The lowest BCUT2D eigenvalue weighted by Gasteiger charge is -2.13. The Kier molecular flexibility index (Phi) is 5.46. The van der Waals surface area contributed by atoms with E-state index in [0.717, 1.165) is 5.56 Å². The van der Waals surface area contributed by atoms with Gasteiger partial charge in [0.2, 0.25) is 0 Å². The van der Waals surface area contributed by atoms with Gasteiger partial charge in [-0.3, -0.25) is 0 Å². The topological polar surface area (TPSA) is 65.5 Å². The van der Waals surface area contributed by atoms with Crippen LogP contribution in [0.4, 0.5) is 0 Å². The van der Waals surface area contributed by atoms with Crippen molar-refractivity contribution in [3.05, 3.63) is 53.3 Å². The zero-order valence-corrected chi connectivity index (χ0v) is 13.5. The minimum Gasteiger partial charge on any atom is -0.462 e. The highest BCUT2D eigenvalue weighted by Gasteiger charge is 2.21. The van der Waals surface area contributed by atoms with Gasteiger partial charge in [0.25, 0.3) is 0 Å². The van der Waals surface area contributed by atoms with Gasteiger partial charge in [0.15, 0.2) is 0 Å². The number of hydrogen-bond acceptors (Lipinski definition) is 5. The predicted molar refractivity (Wildman–Crippen MR) is 86.3 cm³/mol. The summed E-state index contributed by atoms with van der Waals surface area (Å²) in [6.07, 6.45) is 0. The summed E-state index contributed by atoms with van der Waals surface area (Å²) < 4.78 is 10.1. The first-order valence-corrected chi connectivity index (χ1v) is 7.49. The van der Waals surface area contributed by atoms with Crippen molar-refractivity contribution in [2.24, 2.45) is 0 Å². The lowest BCUT2D eigenvalue weighted by atomic mass is 9.98. The number of aromatic nitrogens is 1. The van der Waals surface area contributed by atoms with E-state index in [4.69, 9.17) is 9.47 Å². The van der Waals surface area contributed by atoms with Crippen molar-refractivity contribution in [3.8, 4) is 11.1 Å². The van der Waals surface area contributed by atoms with Crippen LogP contribution >= 0.6 is 0 Å². The molecule has 120 valence electrons. The van der Waals surface area contributed by atoms with Crippen molar-refractivity contribution in [2.45, 2.75) is 20.8 Å². The van der Waals surface area contributed by atoms with E-state index >= 15 is 0 Å². The second kappa shape index (κ2) is 7.54. The number of carbonyl (C=O) groups is 2. The Morgan fingerprint density at radius 2 is 1.61 bits per heavy atom. The average molecular weight is 313 g/mol. The third-order valence-corrected chi connectivity index (χ3v) is 3.25. The first-order chi connectivity index (χ1) is 11.1. The molecule has 0 spiro atoms. The molecule has 2 aromatic rings. The molecule has 1 aromatic carbocycles. The molecule has 0 atom stereocenters. The third kappa shape index (κ3) is 3.74. The summed E-state index contributed by atoms with van der Waals surface area (Å²) in [6, 6.07) is 10.9. The van der Waals surface area contributed by atoms with E-state index in [9.17, 15) is 9.59 Å². The summed E-state index contributed by atoms with van der Waals surface area (Å²) >= 11 is 0. The summed E-state index contributed by atoms with van der Waals surface area (Å²) in [5.74, 6) is -0.963. The number of benzene rings is 1. The van der Waals surface area contributed by atoms with Crippen LogP contribution in [0.5, 0.6) is 0 Å². The molecule has 0 bridgehead atoms. The second-order valence-electron chi connectivity index (χ2n) is 4.82. The van der Waals surface area contributed by atoms with E-state index in [1.165, 1.54) is 0 Å². The zero-order valence-electron chi connectivity index (χ0n) is 13.5. The number of carbonyl (C=O) groups excluding carboxylic acids is 2. The number of nitrogens with zero attached hydrogens (tertiary/aromatic N) is 1. The summed E-state index contributed by atoms with van der Waals surface area (Å²) in [5.41, 5.74) is 2.40. The van der Waals surface area contributed by atoms with Gasteiger partial charge in [-0.2, -0.15) is 0 Å². The molecule has 0 N–H and O–H groups in total. The smallest absolute Gasteiger partial charge is 0.356 e. The van der Waals surface area contributed by atoms with E-state index in [-0.39, 0.29) is 18.9 Å². The molecule has 1 aromatic heterocycles. The van der Waals surface area contributed by atoms with E-state index < -0.39 is 11.9 Å². The first kappa shape index (κ1) is 16.7. The first-order valence-electron chi connectivity index (χ1n) is 7.49. The number of ether oxygens (including phenoxy) is 2. The monoisotopic (exact) mass is 313 g/mol. The number of pyridine rings is 1. The highest BCUT2D eigenvalue weighted by Crippen LogP contribution is 2.27. The third-order valence-electron chi connectivity index (χ3n) is 3.25. The molecule has 0 radical (unpaired) electrons. The van der Waals surface area contributed by atoms with Crippen LogP contribution in [0.3, 0.4) is 0 Å². The molecule has 5 heteroatoms. The fraction of sp³-hybridized carbons (Fsp3) is 0.278. The Labute approximate surface area is 135 Å². The van der Waals surface area contributed by atoms with Crippen molar-refractivity contribution in [1.29, 1.82) is 0 Å². The lowest BCUT2D eigenvalue weighted by Crippen LogP contribution is -2.14. The SMILES string of the molecule is CCOC(=O)c1cc(-c2ccccc2)c(C(=O)OCC)c(C)n1. The van der Waals surface area contributed by atoms with Crippen LogP contribution in [0.2, 0.25) is 0 Å². The van der Waals surface area contributed by atoms with Crippen LogP contribution in [0.15, 0.2) is 36.4 Å². The molecule has 0 amide bonds. The molecule has 0 aliphatic carbocycles. The largest absolute Gasteiger partial charge is 0.462 e. The number of hydrogen-bond donors (Lipinski definition) is 0. The van der Waals surface area contributed by atoms with Crippen LogP contribution in [0.1, 0.15) is 40.4 Å². The van der Waals surface area contributed by atoms with E-state index in [1.807, 2.05) is 30.3 Å². The van der Waals surface area contributed by atoms with E-state index in [2.05, 4.69) is 4.98 Å². The van der Waals surface area contributed by atoms with Gasteiger partial charge in [-0.15, -0.1) is 0 Å². The van der Waals surface area contributed by atoms with Gasteiger partial charge in [-0.25, -0.2) is 14.6 Å². The Morgan fingerprint density at radius 3 is 2.22 bits per heavy atom. The molecular weight excluding hydrogens is 294 g/mol. The molecular formula is C18H19NO4. The van der Waals surface area contributed by atoms with Crippen molar-refractivity contribution >= 4 is 11.9 Å². The Morgan fingerprint density at radius 1 is 1.00 bits per heavy atom. The Hall–Kier alpha value is -2.69. The summed E-state index contributed by atoms with van der Waals surface area (Å²) in [7, 11) is 0. The lowest BCUT2D eigenvalue weighted by molar-refractivity contribution is 0.0505. The quantitative estimate of drug-likeness (QED) is 0.791. The maximum atomic E-state index is 12.3. The number of esters is 2. The molecule has 0 fully saturated rings. The minimum atomic E-state index is -0.511. The van der Waals surface area contributed by atoms with E-state index in [0.29, 0.717) is 16.8 Å². The maximum Gasteiger partial charge on any atom is 0.356 e. The van der Waals surface area contributed by atoms with Crippen LogP contribution in [0, 0.1) is 6.92 Å². The standard InChI is InChI=1S/C18H19NO4/c1-4-22-17(20)15-11-14(13-9-7-6-8-10-13)16(12(3)19-15)18(21)23-5-2/h6-11H,4-5H2,1-3H3.